The zero-order valence-electron chi connectivity index (χ0n) is 12.4. The van der Waals surface area contributed by atoms with Crippen LogP contribution in [0.5, 0.6) is 11.5 Å². The number of hydrogen-bond acceptors (Lipinski definition) is 6. The van der Waals surface area contributed by atoms with Gasteiger partial charge < -0.3 is 9.47 Å². The summed E-state index contributed by atoms with van der Waals surface area (Å²) in [6.45, 7) is 0.449. The fraction of sp³-hybridized carbons (Fsp3) is 0.125. The maximum Gasteiger partial charge on any atom is 0.276 e. The van der Waals surface area contributed by atoms with Gasteiger partial charge in [-0.15, -0.1) is 0 Å². The van der Waals surface area contributed by atoms with Crippen LogP contribution in [0.25, 0.3) is 6.08 Å². The second-order valence-corrected chi connectivity index (χ2v) is 5.07. The molecule has 8 heteroatoms. The van der Waals surface area contributed by atoms with Crippen molar-refractivity contribution in [3.63, 3.8) is 0 Å². The third-order valence-corrected chi connectivity index (χ3v) is 3.41. The molecule has 0 fully saturated rings. The number of benzene rings is 2. The van der Waals surface area contributed by atoms with Crippen LogP contribution in [-0.4, -0.2) is 16.5 Å². The van der Waals surface area contributed by atoms with E-state index in [9.17, 15) is 20.2 Å². The number of nitrogens with zero attached hydrogens (tertiary/aromatic N) is 2. The molecule has 0 atom stereocenters. The summed E-state index contributed by atoms with van der Waals surface area (Å²) in [5.74, 6) is 1.19. The molecule has 0 amide bonds. The van der Waals surface area contributed by atoms with E-state index in [2.05, 4.69) is 0 Å². The minimum Gasteiger partial charge on any atom is -0.489 e. The molecule has 0 aliphatic carbocycles. The standard InChI is InChI=1S/C16H12N2O6/c19-17(20)13-6-11(7-14(8-13)18(21)22)10-24-15-4-3-12-2-1-5-23-16(12)9-15/h1-4,6-9H,5,10H2. The molecule has 8 nitrogen and oxygen atoms in total. The Morgan fingerprint density at radius 3 is 2.42 bits per heavy atom. The first-order valence-electron chi connectivity index (χ1n) is 7.02. The summed E-state index contributed by atoms with van der Waals surface area (Å²) >= 11 is 0. The predicted octanol–water partition coefficient (Wildman–Crippen LogP) is 3.49. The smallest absolute Gasteiger partial charge is 0.276 e. The maximum absolute atomic E-state index is 10.9. The molecule has 24 heavy (non-hydrogen) atoms. The van der Waals surface area contributed by atoms with E-state index in [1.807, 2.05) is 18.2 Å². The van der Waals surface area contributed by atoms with E-state index in [-0.39, 0.29) is 18.0 Å². The number of fused-ring (bicyclic) bond motifs is 1. The monoisotopic (exact) mass is 328 g/mol. The first-order chi connectivity index (χ1) is 11.5. The average Bonchev–Trinajstić information content (AvgIpc) is 2.59. The van der Waals surface area contributed by atoms with Crippen molar-refractivity contribution >= 4 is 17.5 Å². The van der Waals surface area contributed by atoms with Gasteiger partial charge in [0.15, 0.2) is 0 Å². The highest BCUT2D eigenvalue weighted by Gasteiger charge is 2.17. The third-order valence-electron chi connectivity index (χ3n) is 3.41. The van der Waals surface area contributed by atoms with Crippen LogP contribution in [-0.2, 0) is 6.61 Å². The molecule has 0 bridgehead atoms. The Bertz CT molecular complexity index is 814. The van der Waals surface area contributed by atoms with E-state index in [0.717, 1.165) is 11.6 Å². The van der Waals surface area contributed by atoms with Crippen LogP contribution < -0.4 is 9.47 Å². The van der Waals surface area contributed by atoms with Gasteiger partial charge in [-0.1, -0.05) is 6.08 Å². The van der Waals surface area contributed by atoms with Crippen molar-refractivity contribution in [1.82, 2.24) is 0 Å². The SMILES string of the molecule is O=[N+]([O-])c1cc(COc2ccc3c(c2)OCC=C3)cc([N+](=O)[O-])c1. The van der Waals surface area contributed by atoms with Gasteiger partial charge in [-0.25, -0.2) is 0 Å². The highest BCUT2D eigenvalue weighted by molar-refractivity contribution is 5.61. The van der Waals surface area contributed by atoms with Crippen LogP contribution in [0.15, 0.2) is 42.5 Å². The molecular formula is C16H12N2O6. The average molecular weight is 328 g/mol. The molecule has 1 aliphatic heterocycles. The van der Waals surface area contributed by atoms with E-state index in [4.69, 9.17) is 9.47 Å². The molecule has 0 N–H and O–H groups in total. The molecule has 0 aromatic heterocycles. The zero-order valence-corrected chi connectivity index (χ0v) is 12.4. The predicted molar refractivity (Wildman–Crippen MR) is 85.1 cm³/mol. The highest BCUT2D eigenvalue weighted by Crippen LogP contribution is 2.29. The quantitative estimate of drug-likeness (QED) is 0.614. The van der Waals surface area contributed by atoms with Crippen molar-refractivity contribution in [2.24, 2.45) is 0 Å². The number of ether oxygens (including phenoxy) is 2. The van der Waals surface area contributed by atoms with Gasteiger partial charge in [0.1, 0.15) is 24.7 Å². The summed E-state index contributed by atoms with van der Waals surface area (Å²) in [5, 5.41) is 21.8. The molecule has 122 valence electrons. The fourth-order valence-electron chi connectivity index (χ4n) is 2.30. The Labute approximate surface area is 136 Å². The van der Waals surface area contributed by atoms with Crippen LogP contribution in [0.4, 0.5) is 11.4 Å². The van der Waals surface area contributed by atoms with Gasteiger partial charge in [0.2, 0.25) is 0 Å². The van der Waals surface area contributed by atoms with Crippen molar-refractivity contribution in [3.05, 3.63) is 73.8 Å². The van der Waals surface area contributed by atoms with Crippen LogP contribution in [0.2, 0.25) is 0 Å². The van der Waals surface area contributed by atoms with Crippen LogP contribution in [0, 0.1) is 20.2 Å². The number of rotatable bonds is 5. The number of hydrogen-bond donors (Lipinski definition) is 0. The lowest BCUT2D eigenvalue weighted by Gasteiger charge is -2.14. The van der Waals surface area contributed by atoms with E-state index in [0.29, 0.717) is 23.7 Å². The van der Waals surface area contributed by atoms with Gasteiger partial charge in [-0.05, 0) is 18.2 Å². The second-order valence-electron chi connectivity index (χ2n) is 5.07. The normalized spacial score (nSPS) is 12.2. The molecule has 1 aliphatic rings. The Morgan fingerprint density at radius 1 is 1.04 bits per heavy atom. The lowest BCUT2D eigenvalue weighted by atomic mass is 10.1. The Hall–Kier alpha value is -3.42. The summed E-state index contributed by atoms with van der Waals surface area (Å²) in [6, 6.07) is 8.71. The van der Waals surface area contributed by atoms with Crippen molar-refractivity contribution in [3.8, 4) is 11.5 Å². The van der Waals surface area contributed by atoms with Gasteiger partial charge in [0.25, 0.3) is 11.4 Å². The largest absolute Gasteiger partial charge is 0.489 e. The van der Waals surface area contributed by atoms with Crippen molar-refractivity contribution < 1.29 is 19.3 Å². The second kappa shape index (κ2) is 6.37. The maximum atomic E-state index is 10.9. The summed E-state index contributed by atoms with van der Waals surface area (Å²) in [4.78, 5) is 20.4. The minimum absolute atomic E-state index is 0.0306. The molecule has 0 spiro atoms. The molecule has 0 saturated heterocycles. The van der Waals surface area contributed by atoms with Crippen molar-refractivity contribution in [1.29, 1.82) is 0 Å². The summed E-state index contributed by atoms with van der Waals surface area (Å²) in [6.07, 6.45) is 3.83. The molecule has 0 radical (unpaired) electrons. The Morgan fingerprint density at radius 2 is 1.75 bits per heavy atom. The molecular weight excluding hydrogens is 316 g/mol. The first kappa shape index (κ1) is 15.5. The summed E-state index contributed by atoms with van der Waals surface area (Å²) in [5.41, 5.74) is 0.581. The lowest BCUT2D eigenvalue weighted by molar-refractivity contribution is -0.394. The van der Waals surface area contributed by atoms with Gasteiger partial charge >= 0.3 is 0 Å². The van der Waals surface area contributed by atoms with Crippen LogP contribution in [0.1, 0.15) is 11.1 Å². The first-order valence-corrected chi connectivity index (χ1v) is 7.02. The number of nitro groups is 2. The minimum atomic E-state index is -0.671. The highest BCUT2D eigenvalue weighted by atomic mass is 16.6. The molecule has 0 saturated carbocycles. The molecule has 3 rings (SSSR count). The van der Waals surface area contributed by atoms with Gasteiger partial charge in [0.05, 0.1) is 15.9 Å². The fourth-order valence-corrected chi connectivity index (χ4v) is 2.30. The summed E-state index contributed by atoms with van der Waals surface area (Å²) < 4.78 is 11.1. The topological polar surface area (TPSA) is 105 Å². The van der Waals surface area contributed by atoms with Crippen molar-refractivity contribution in [2.45, 2.75) is 6.61 Å². The molecule has 2 aromatic rings. The molecule has 2 aromatic carbocycles. The molecule has 1 heterocycles. The van der Waals surface area contributed by atoms with Crippen LogP contribution >= 0.6 is 0 Å². The Balaban J connectivity index is 1.80. The number of nitro benzene ring substituents is 2. The lowest BCUT2D eigenvalue weighted by Crippen LogP contribution is -2.02. The van der Waals surface area contributed by atoms with E-state index in [1.54, 1.807) is 12.1 Å². The van der Waals surface area contributed by atoms with E-state index >= 15 is 0 Å². The van der Waals surface area contributed by atoms with Gasteiger partial charge in [-0.3, -0.25) is 20.2 Å². The zero-order chi connectivity index (χ0) is 17.1. The van der Waals surface area contributed by atoms with Crippen molar-refractivity contribution in [2.75, 3.05) is 6.61 Å². The molecule has 0 unspecified atom stereocenters. The van der Waals surface area contributed by atoms with E-state index in [1.165, 1.54) is 12.1 Å². The number of non-ortho nitro benzene ring substituents is 2. The van der Waals surface area contributed by atoms with Gasteiger partial charge in [-0.2, -0.15) is 0 Å². The Kier molecular flexibility index (Phi) is 4.11. The van der Waals surface area contributed by atoms with E-state index < -0.39 is 9.85 Å². The third kappa shape index (κ3) is 3.32. The summed E-state index contributed by atoms with van der Waals surface area (Å²) in [7, 11) is 0. The van der Waals surface area contributed by atoms with Crippen LogP contribution in [0.3, 0.4) is 0 Å². The van der Waals surface area contributed by atoms with Gasteiger partial charge in [0, 0.05) is 29.3 Å².